The van der Waals surface area contributed by atoms with E-state index in [1.165, 1.54) is 11.4 Å². The van der Waals surface area contributed by atoms with Gasteiger partial charge < -0.3 is 15.1 Å². The van der Waals surface area contributed by atoms with Gasteiger partial charge in [-0.1, -0.05) is 6.92 Å². The number of nitrogens with zero attached hydrogens (tertiary/aromatic N) is 4. The van der Waals surface area contributed by atoms with E-state index < -0.39 is 0 Å². The molecule has 1 aromatic rings. The molecular weight excluding hydrogens is 266 g/mol. The fourth-order valence-electron chi connectivity index (χ4n) is 2.92. The van der Waals surface area contributed by atoms with E-state index in [4.69, 9.17) is 0 Å². The van der Waals surface area contributed by atoms with E-state index in [9.17, 15) is 4.79 Å². The highest BCUT2D eigenvalue weighted by Gasteiger charge is 2.24. The average Bonchev–Trinajstić information content (AvgIpc) is 2.74. The van der Waals surface area contributed by atoms with Crippen molar-refractivity contribution in [2.45, 2.75) is 33.7 Å². The lowest BCUT2D eigenvalue weighted by molar-refractivity contribution is -0.129. The van der Waals surface area contributed by atoms with Crippen LogP contribution in [0, 0.1) is 6.92 Å². The first-order valence-electron chi connectivity index (χ1n) is 7.78. The summed E-state index contributed by atoms with van der Waals surface area (Å²) in [5, 5.41) is 8.04. The largest absolute Gasteiger partial charge is 0.353 e. The van der Waals surface area contributed by atoms with Gasteiger partial charge in [0.1, 0.15) is 5.82 Å². The van der Waals surface area contributed by atoms with Gasteiger partial charge in [-0.2, -0.15) is 5.10 Å². The van der Waals surface area contributed by atoms with Gasteiger partial charge in [0, 0.05) is 52.3 Å². The fourth-order valence-corrected chi connectivity index (χ4v) is 2.92. The van der Waals surface area contributed by atoms with Crippen LogP contribution >= 0.6 is 0 Å². The Bertz CT molecular complexity index is 488. The van der Waals surface area contributed by atoms with Crippen LogP contribution in [0.1, 0.15) is 31.5 Å². The van der Waals surface area contributed by atoms with Crippen molar-refractivity contribution in [1.82, 2.24) is 20.0 Å². The predicted molar refractivity (Wildman–Crippen MR) is 84.4 cm³/mol. The highest BCUT2D eigenvalue weighted by molar-refractivity contribution is 5.73. The number of amides is 1. The van der Waals surface area contributed by atoms with Crippen LogP contribution in [0.2, 0.25) is 0 Å². The van der Waals surface area contributed by atoms with Crippen molar-refractivity contribution in [3.8, 4) is 0 Å². The molecule has 1 aliphatic rings. The van der Waals surface area contributed by atoms with E-state index in [1.807, 2.05) is 16.6 Å². The molecule has 21 heavy (non-hydrogen) atoms. The Hall–Kier alpha value is -1.56. The van der Waals surface area contributed by atoms with Crippen LogP contribution in [0.4, 0.5) is 5.82 Å². The number of nitrogens with one attached hydrogen (secondary N) is 1. The highest BCUT2D eigenvalue weighted by atomic mass is 16.2. The lowest BCUT2D eigenvalue weighted by Crippen LogP contribution is -2.48. The smallest absolute Gasteiger partial charge is 0.219 e. The molecule has 6 nitrogen and oxygen atoms in total. The number of carbonyl (C=O) groups is 1. The van der Waals surface area contributed by atoms with Crippen molar-refractivity contribution in [1.29, 1.82) is 0 Å². The second-order valence-corrected chi connectivity index (χ2v) is 5.68. The molecule has 0 spiro atoms. The van der Waals surface area contributed by atoms with E-state index >= 15 is 0 Å². The van der Waals surface area contributed by atoms with Crippen molar-refractivity contribution in [2.24, 2.45) is 7.05 Å². The van der Waals surface area contributed by atoms with Crippen LogP contribution in [-0.2, 0) is 18.4 Å². The zero-order chi connectivity index (χ0) is 15.4. The minimum atomic E-state index is 0.167. The number of rotatable bonds is 5. The lowest BCUT2D eigenvalue weighted by Gasteiger charge is -2.36. The molecule has 1 fully saturated rings. The number of hydrogen-bond donors (Lipinski definition) is 1. The molecule has 0 unspecified atom stereocenters. The molecule has 1 saturated heterocycles. The van der Waals surface area contributed by atoms with E-state index in [1.54, 1.807) is 6.92 Å². The summed E-state index contributed by atoms with van der Waals surface area (Å²) < 4.78 is 1.97. The molecule has 1 aromatic heterocycles. The zero-order valence-corrected chi connectivity index (χ0v) is 13.6. The maximum Gasteiger partial charge on any atom is 0.219 e. The number of carbonyl (C=O) groups excluding carboxylic acids is 1. The minimum Gasteiger partial charge on any atom is -0.353 e. The zero-order valence-electron chi connectivity index (χ0n) is 13.6. The molecule has 0 saturated carbocycles. The van der Waals surface area contributed by atoms with Crippen molar-refractivity contribution in [3.05, 3.63) is 11.3 Å². The highest BCUT2D eigenvalue weighted by Crippen LogP contribution is 2.24. The number of anilines is 1. The van der Waals surface area contributed by atoms with Gasteiger partial charge in [0.2, 0.25) is 5.91 Å². The Morgan fingerprint density at radius 1 is 1.29 bits per heavy atom. The molecule has 6 heteroatoms. The Labute approximate surface area is 127 Å². The maximum absolute atomic E-state index is 11.4. The van der Waals surface area contributed by atoms with E-state index in [0.29, 0.717) is 0 Å². The van der Waals surface area contributed by atoms with Gasteiger partial charge in [0.25, 0.3) is 0 Å². The number of piperazine rings is 1. The molecule has 1 aliphatic heterocycles. The predicted octanol–water partition coefficient (Wildman–Crippen LogP) is 0.897. The Morgan fingerprint density at radius 2 is 1.95 bits per heavy atom. The van der Waals surface area contributed by atoms with Gasteiger partial charge in [-0.25, -0.2) is 0 Å². The van der Waals surface area contributed by atoms with Gasteiger partial charge in [0.15, 0.2) is 0 Å². The summed E-state index contributed by atoms with van der Waals surface area (Å²) in [6, 6.07) is 0. The van der Waals surface area contributed by atoms with Crippen LogP contribution < -0.4 is 10.2 Å². The molecule has 0 atom stereocenters. The quantitative estimate of drug-likeness (QED) is 0.820. The third-order valence-corrected chi connectivity index (χ3v) is 4.07. The first-order valence-corrected chi connectivity index (χ1v) is 7.78. The topological polar surface area (TPSA) is 53.4 Å². The summed E-state index contributed by atoms with van der Waals surface area (Å²) in [5.74, 6) is 1.36. The van der Waals surface area contributed by atoms with Crippen LogP contribution in [0.15, 0.2) is 0 Å². The van der Waals surface area contributed by atoms with E-state index in [0.717, 1.165) is 51.4 Å². The second kappa shape index (κ2) is 6.93. The molecule has 0 bridgehead atoms. The summed E-state index contributed by atoms with van der Waals surface area (Å²) >= 11 is 0. The van der Waals surface area contributed by atoms with Gasteiger partial charge in [-0.05, 0) is 19.9 Å². The second-order valence-electron chi connectivity index (χ2n) is 5.68. The summed E-state index contributed by atoms with van der Waals surface area (Å²) in [4.78, 5) is 15.7. The first kappa shape index (κ1) is 15.8. The van der Waals surface area contributed by atoms with Crippen LogP contribution in [0.3, 0.4) is 0 Å². The summed E-state index contributed by atoms with van der Waals surface area (Å²) in [6.07, 6.45) is 1.13. The number of hydrogen-bond acceptors (Lipinski definition) is 4. The molecule has 0 radical (unpaired) electrons. The summed E-state index contributed by atoms with van der Waals surface area (Å²) in [7, 11) is 2.00. The molecule has 118 valence electrons. The molecule has 2 heterocycles. The monoisotopic (exact) mass is 293 g/mol. The Morgan fingerprint density at radius 3 is 2.52 bits per heavy atom. The first-order chi connectivity index (χ1) is 10.0. The van der Waals surface area contributed by atoms with Crippen molar-refractivity contribution >= 4 is 11.7 Å². The summed E-state index contributed by atoms with van der Waals surface area (Å²) in [5.41, 5.74) is 2.37. The molecular formula is C15H27N5O. The van der Waals surface area contributed by atoms with E-state index in [2.05, 4.69) is 29.2 Å². The van der Waals surface area contributed by atoms with Crippen molar-refractivity contribution < 1.29 is 4.79 Å². The van der Waals surface area contributed by atoms with Crippen LogP contribution in [0.5, 0.6) is 0 Å². The maximum atomic E-state index is 11.4. The molecule has 0 aliphatic carbocycles. The van der Waals surface area contributed by atoms with Crippen LogP contribution in [0.25, 0.3) is 0 Å². The Kier molecular flexibility index (Phi) is 5.22. The Balaban J connectivity index is 2.10. The third kappa shape index (κ3) is 3.56. The molecule has 1 N–H and O–H groups in total. The third-order valence-electron chi connectivity index (χ3n) is 4.07. The van der Waals surface area contributed by atoms with Crippen molar-refractivity contribution in [2.75, 3.05) is 37.6 Å². The van der Waals surface area contributed by atoms with Gasteiger partial charge in [0.05, 0.1) is 5.69 Å². The average molecular weight is 293 g/mol. The van der Waals surface area contributed by atoms with Gasteiger partial charge in [-0.15, -0.1) is 0 Å². The fraction of sp³-hybridized carbons (Fsp3) is 0.733. The summed E-state index contributed by atoms with van der Waals surface area (Å²) in [6.45, 7) is 11.1. The van der Waals surface area contributed by atoms with E-state index in [-0.39, 0.29) is 5.91 Å². The normalized spacial score (nSPS) is 15.6. The molecule has 1 amide bonds. The van der Waals surface area contributed by atoms with Crippen LogP contribution in [-0.4, -0.2) is 53.3 Å². The lowest BCUT2D eigenvalue weighted by atomic mass is 10.2. The SMILES string of the molecule is CCCNCc1c(C)nn(C)c1N1CCN(C(C)=O)CC1. The standard InChI is InChI=1S/C15H27N5O/c1-5-6-16-11-14-12(2)17-18(4)15(14)20-9-7-19(8-10-20)13(3)21/h16H,5-11H2,1-4H3. The van der Waals surface area contributed by atoms with Crippen molar-refractivity contribution in [3.63, 3.8) is 0 Å². The number of aromatic nitrogens is 2. The minimum absolute atomic E-state index is 0.167. The molecule has 0 aromatic carbocycles. The van der Waals surface area contributed by atoms with Gasteiger partial charge >= 0.3 is 0 Å². The van der Waals surface area contributed by atoms with Gasteiger partial charge in [-0.3, -0.25) is 9.48 Å². The molecule has 2 rings (SSSR count). The number of aryl methyl sites for hydroxylation is 2.